The van der Waals surface area contributed by atoms with Crippen LogP contribution in [0.5, 0.6) is 0 Å². The Bertz CT molecular complexity index is 663. The zero-order chi connectivity index (χ0) is 16.3. The van der Waals surface area contributed by atoms with Crippen LogP contribution in [0.2, 0.25) is 0 Å². The molecule has 1 aromatic heterocycles. The Kier molecular flexibility index (Phi) is 5.47. The van der Waals surface area contributed by atoms with Crippen molar-refractivity contribution >= 4 is 40.7 Å². The van der Waals surface area contributed by atoms with Gasteiger partial charge >= 0.3 is 0 Å². The Morgan fingerprint density at radius 2 is 2.05 bits per heavy atom. The van der Waals surface area contributed by atoms with E-state index in [-0.39, 0.29) is 11.7 Å². The molecule has 0 radical (unpaired) electrons. The number of ketones is 1. The molecule has 4 nitrogen and oxygen atoms in total. The van der Waals surface area contributed by atoms with E-state index < -0.39 is 15.4 Å². The molecule has 0 saturated heterocycles. The summed E-state index contributed by atoms with van der Waals surface area (Å²) < 4.78 is 13.4. The van der Waals surface area contributed by atoms with E-state index in [0.717, 1.165) is 17.3 Å². The van der Waals surface area contributed by atoms with Crippen molar-refractivity contribution in [3.8, 4) is 0 Å². The van der Waals surface area contributed by atoms with Crippen molar-refractivity contribution in [3.05, 3.63) is 47.5 Å². The van der Waals surface area contributed by atoms with Gasteiger partial charge in [-0.05, 0) is 18.2 Å². The first-order valence-corrected chi connectivity index (χ1v) is 8.34. The minimum atomic E-state index is -1.77. The normalized spacial score (nSPS) is 13.1. The molecule has 1 aromatic carbocycles. The van der Waals surface area contributed by atoms with E-state index in [0.29, 0.717) is 5.75 Å². The maximum Gasteiger partial charge on any atom is 0.263 e. The van der Waals surface area contributed by atoms with Crippen LogP contribution in [0.15, 0.2) is 30.3 Å². The molecule has 0 bridgehead atoms. The number of carbonyl (C=O) groups excluding carboxylic acids is 1. The van der Waals surface area contributed by atoms with E-state index in [1.54, 1.807) is 13.8 Å². The lowest BCUT2D eigenvalue weighted by atomic mass is 10.1. The third-order valence-electron chi connectivity index (χ3n) is 3.11. The second kappa shape index (κ2) is 6.98. The number of hydrogen-bond donors (Lipinski definition) is 0. The van der Waals surface area contributed by atoms with Crippen LogP contribution in [0, 0.1) is 5.95 Å². The largest absolute Gasteiger partial charge is 0.288 e. The van der Waals surface area contributed by atoms with Crippen molar-refractivity contribution in [1.82, 2.24) is 15.0 Å². The second-order valence-electron chi connectivity index (χ2n) is 4.54. The second-order valence-corrected chi connectivity index (χ2v) is 7.79. The topological polar surface area (TPSA) is 47.8 Å². The first-order valence-electron chi connectivity index (χ1n) is 6.60. The number of Topliss-reactive ketones (excluding diaryl/α,β-unsaturated/α-hetero) is 1. The van der Waals surface area contributed by atoms with Crippen LogP contribution in [0.3, 0.4) is 0 Å². The van der Waals surface area contributed by atoms with Gasteiger partial charge in [0.05, 0.1) is 6.04 Å². The Labute approximate surface area is 142 Å². The van der Waals surface area contributed by atoms with Crippen molar-refractivity contribution in [2.24, 2.45) is 0 Å². The van der Waals surface area contributed by atoms with E-state index in [1.807, 2.05) is 30.3 Å². The van der Waals surface area contributed by atoms with E-state index >= 15 is 0 Å². The molecule has 2 rings (SSSR count). The highest BCUT2D eigenvalue weighted by Crippen LogP contribution is 2.38. The number of halogens is 3. The number of rotatable bonds is 6. The number of carbonyl (C=O) groups is 1. The number of nitrogens with zero attached hydrogens (tertiary/aromatic N) is 3. The quantitative estimate of drug-likeness (QED) is 0.574. The molecule has 0 N–H and O–H groups in total. The van der Waals surface area contributed by atoms with Gasteiger partial charge in [0.15, 0.2) is 5.69 Å². The summed E-state index contributed by atoms with van der Waals surface area (Å²) in [5.74, 6) is -1.22. The third-order valence-corrected chi connectivity index (χ3v) is 4.94. The van der Waals surface area contributed by atoms with Gasteiger partial charge in [0.2, 0.25) is 9.45 Å². The summed E-state index contributed by atoms with van der Waals surface area (Å²) in [7, 11) is 0. The summed E-state index contributed by atoms with van der Waals surface area (Å²) in [5, 5.41) is 7.09. The molecule has 8 heteroatoms. The minimum absolute atomic E-state index is 0.317. The summed E-state index contributed by atoms with van der Waals surface area (Å²) in [6.45, 7) is 3.59. The molecule has 0 unspecified atom stereocenters. The SMILES string of the molecule is CCSC(Cl)(Cl)C(=O)c1c(F)nnn1[C@H](C)c1ccccc1. The fourth-order valence-electron chi connectivity index (χ4n) is 2.00. The van der Waals surface area contributed by atoms with Crippen molar-refractivity contribution in [3.63, 3.8) is 0 Å². The smallest absolute Gasteiger partial charge is 0.263 e. The molecule has 2 aromatic rings. The van der Waals surface area contributed by atoms with Crippen LogP contribution in [0.25, 0.3) is 0 Å². The fraction of sp³-hybridized carbons (Fsp3) is 0.357. The molecular weight excluding hydrogens is 348 g/mol. The van der Waals surface area contributed by atoms with Crippen molar-refractivity contribution in [2.45, 2.75) is 23.6 Å². The van der Waals surface area contributed by atoms with Crippen molar-refractivity contribution in [1.29, 1.82) is 0 Å². The third kappa shape index (κ3) is 3.45. The van der Waals surface area contributed by atoms with Crippen LogP contribution in [-0.4, -0.2) is 30.2 Å². The predicted octanol–water partition coefficient (Wildman–Crippen LogP) is 4.09. The van der Waals surface area contributed by atoms with Crippen LogP contribution in [0.4, 0.5) is 4.39 Å². The van der Waals surface area contributed by atoms with Gasteiger partial charge in [-0.1, -0.05) is 70.8 Å². The highest BCUT2D eigenvalue weighted by molar-refractivity contribution is 8.04. The molecule has 0 aliphatic carbocycles. The summed E-state index contributed by atoms with van der Waals surface area (Å²) in [4.78, 5) is 12.5. The lowest BCUT2D eigenvalue weighted by Crippen LogP contribution is -2.28. The van der Waals surface area contributed by atoms with E-state index in [1.165, 1.54) is 4.68 Å². The standard InChI is InChI=1S/C14H14Cl2FN3OS/c1-3-22-14(15,16)12(21)11-13(17)18-19-20(11)9(2)10-7-5-4-6-8-10/h4-9H,3H2,1-2H3/t9-/m1/s1. The number of benzene rings is 1. The summed E-state index contributed by atoms with van der Waals surface area (Å²) in [6.07, 6.45) is 0. The Balaban J connectivity index is 2.42. The molecule has 0 saturated carbocycles. The van der Waals surface area contributed by atoms with Gasteiger partial charge in [-0.3, -0.25) is 4.79 Å². The average Bonchev–Trinajstić information content (AvgIpc) is 2.88. The number of hydrogen-bond acceptors (Lipinski definition) is 4. The Morgan fingerprint density at radius 1 is 1.41 bits per heavy atom. The molecule has 118 valence electrons. The lowest BCUT2D eigenvalue weighted by molar-refractivity contribution is 0.0982. The van der Waals surface area contributed by atoms with Crippen LogP contribution < -0.4 is 0 Å². The van der Waals surface area contributed by atoms with Gasteiger partial charge in [-0.15, -0.1) is 11.8 Å². The highest BCUT2D eigenvalue weighted by Gasteiger charge is 2.40. The zero-order valence-corrected chi connectivity index (χ0v) is 14.3. The van der Waals surface area contributed by atoms with Crippen molar-refractivity contribution < 1.29 is 9.18 Å². The molecule has 22 heavy (non-hydrogen) atoms. The van der Waals surface area contributed by atoms with Gasteiger partial charge in [0.25, 0.3) is 5.95 Å². The molecule has 0 fully saturated rings. The molecule has 0 aliphatic heterocycles. The van der Waals surface area contributed by atoms with Gasteiger partial charge in [-0.25, -0.2) is 4.68 Å². The lowest BCUT2D eigenvalue weighted by Gasteiger charge is -2.19. The van der Waals surface area contributed by atoms with Gasteiger partial charge in [-0.2, -0.15) is 4.39 Å². The first-order chi connectivity index (χ1) is 10.4. The summed E-state index contributed by atoms with van der Waals surface area (Å²) >= 11 is 13.0. The molecule has 0 amide bonds. The zero-order valence-electron chi connectivity index (χ0n) is 12.0. The van der Waals surface area contributed by atoms with Crippen LogP contribution >= 0.6 is 35.0 Å². The monoisotopic (exact) mass is 361 g/mol. The Hall–Kier alpha value is -1.11. The first kappa shape index (κ1) is 17.2. The maximum absolute atomic E-state index is 14.0. The Morgan fingerprint density at radius 3 is 2.64 bits per heavy atom. The fourth-order valence-corrected chi connectivity index (χ4v) is 3.42. The predicted molar refractivity (Wildman–Crippen MR) is 87.1 cm³/mol. The molecule has 1 heterocycles. The number of thioether (sulfide) groups is 1. The molecule has 0 spiro atoms. The number of alkyl halides is 2. The van der Waals surface area contributed by atoms with Crippen LogP contribution in [-0.2, 0) is 0 Å². The average molecular weight is 362 g/mol. The van der Waals surface area contributed by atoms with Gasteiger partial charge in [0.1, 0.15) is 0 Å². The van der Waals surface area contributed by atoms with E-state index in [4.69, 9.17) is 23.2 Å². The van der Waals surface area contributed by atoms with Crippen molar-refractivity contribution in [2.75, 3.05) is 5.75 Å². The highest BCUT2D eigenvalue weighted by atomic mass is 35.5. The van der Waals surface area contributed by atoms with Crippen LogP contribution in [0.1, 0.15) is 35.9 Å². The number of aromatic nitrogens is 3. The molecule has 0 aliphatic rings. The maximum atomic E-state index is 14.0. The minimum Gasteiger partial charge on any atom is -0.288 e. The van der Waals surface area contributed by atoms with Gasteiger partial charge < -0.3 is 0 Å². The van der Waals surface area contributed by atoms with Gasteiger partial charge in [0, 0.05) is 0 Å². The molecular formula is C14H14Cl2FN3OS. The summed E-state index contributed by atoms with van der Waals surface area (Å²) in [6, 6.07) is 8.89. The van der Waals surface area contributed by atoms with E-state index in [2.05, 4.69) is 10.3 Å². The summed E-state index contributed by atoms with van der Waals surface area (Å²) in [5.41, 5.74) is 0.543. The molecule has 1 atom stereocenters. The van der Waals surface area contributed by atoms with E-state index in [9.17, 15) is 9.18 Å².